The molecule has 2 saturated heterocycles. The Kier molecular flexibility index (Phi) is 4.46. The molecule has 2 N–H and O–H groups in total. The van der Waals surface area contributed by atoms with Gasteiger partial charge in [0.15, 0.2) is 0 Å². The van der Waals surface area contributed by atoms with Crippen LogP contribution >= 0.6 is 0 Å². The van der Waals surface area contributed by atoms with Crippen LogP contribution in [0, 0.1) is 11.8 Å². The van der Waals surface area contributed by atoms with Crippen molar-refractivity contribution in [1.82, 2.24) is 15.2 Å². The second-order valence-corrected chi connectivity index (χ2v) is 9.61. The van der Waals surface area contributed by atoms with Gasteiger partial charge < -0.3 is 19.9 Å². The van der Waals surface area contributed by atoms with E-state index in [1.54, 1.807) is 0 Å². The Balaban J connectivity index is 1.17. The first kappa shape index (κ1) is 19.1. The van der Waals surface area contributed by atoms with E-state index in [1.807, 2.05) is 35.4 Å². The van der Waals surface area contributed by atoms with Crippen molar-refractivity contribution in [2.24, 2.45) is 11.8 Å². The zero-order valence-corrected chi connectivity index (χ0v) is 17.7. The van der Waals surface area contributed by atoms with Crippen LogP contribution in [0.15, 0.2) is 42.6 Å². The van der Waals surface area contributed by atoms with Crippen molar-refractivity contribution in [2.45, 2.75) is 56.3 Å². The number of fused-ring (bicyclic) bond motifs is 2. The summed E-state index contributed by atoms with van der Waals surface area (Å²) in [6.45, 7) is 1.18. The summed E-state index contributed by atoms with van der Waals surface area (Å²) in [5, 5.41) is 4.44. The summed E-state index contributed by atoms with van der Waals surface area (Å²) in [6.07, 6.45) is 12.3. The lowest BCUT2D eigenvalue weighted by atomic mass is 9.76. The summed E-state index contributed by atoms with van der Waals surface area (Å²) in [4.78, 5) is 31.8. The van der Waals surface area contributed by atoms with Gasteiger partial charge in [-0.1, -0.05) is 49.6 Å². The first-order valence-corrected chi connectivity index (χ1v) is 11.7. The molecular formula is C25H29N3O3. The number of carbonyl (C=O) groups excluding carboxylic acids is 2. The van der Waals surface area contributed by atoms with Crippen molar-refractivity contribution in [3.05, 3.63) is 48.2 Å². The van der Waals surface area contributed by atoms with Gasteiger partial charge in [-0.05, 0) is 30.9 Å². The SMILES string of the molecule is O=C(NC1CCCCC1)C1C2C(=O)N(CCc3c[nH]c4ccccc34)CC23C=C[C@@H]1O3. The van der Waals surface area contributed by atoms with E-state index in [4.69, 9.17) is 4.74 Å². The topological polar surface area (TPSA) is 74.4 Å². The number of hydrogen-bond acceptors (Lipinski definition) is 3. The fourth-order valence-electron chi connectivity index (χ4n) is 6.21. The van der Waals surface area contributed by atoms with Gasteiger partial charge in [0.1, 0.15) is 5.60 Å². The number of amides is 2. The van der Waals surface area contributed by atoms with Gasteiger partial charge in [-0.15, -0.1) is 0 Å². The van der Waals surface area contributed by atoms with E-state index in [-0.39, 0.29) is 24.0 Å². The molecule has 2 amide bonds. The predicted molar refractivity (Wildman–Crippen MR) is 117 cm³/mol. The van der Waals surface area contributed by atoms with E-state index in [2.05, 4.69) is 22.4 Å². The highest BCUT2D eigenvalue weighted by Gasteiger charge is 2.66. The highest BCUT2D eigenvalue weighted by atomic mass is 16.5. The van der Waals surface area contributed by atoms with E-state index in [0.717, 1.165) is 24.8 Å². The van der Waals surface area contributed by atoms with Gasteiger partial charge >= 0.3 is 0 Å². The lowest BCUT2D eigenvalue weighted by Gasteiger charge is -2.28. The van der Waals surface area contributed by atoms with Crippen molar-refractivity contribution in [2.75, 3.05) is 13.1 Å². The van der Waals surface area contributed by atoms with E-state index in [9.17, 15) is 9.59 Å². The third-order valence-electron chi connectivity index (χ3n) is 7.76. The van der Waals surface area contributed by atoms with Crippen LogP contribution in [0.3, 0.4) is 0 Å². The third-order valence-corrected chi connectivity index (χ3v) is 7.76. The summed E-state index contributed by atoms with van der Waals surface area (Å²) in [5.74, 6) is -0.734. The first-order chi connectivity index (χ1) is 15.1. The second-order valence-electron chi connectivity index (χ2n) is 9.61. The second kappa shape index (κ2) is 7.23. The number of aromatic nitrogens is 1. The van der Waals surface area contributed by atoms with Crippen LogP contribution < -0.4 is 5.32 Å². The van der Waals surface area contributed by atoms with Crippen molar-refractivity contribution in [3.63, 3.8) is 0 Å². The average molecular weight is 420 g/mol. The monoisotopic (exact) mass is 419 g/mol. The number of hydrogen-bond donors (Lipinski definition) is 2. The van der Waals surface area contributed by atoms with E-state index >= 15 is 0 Å². The van der Waals surface area contributed by atoms with Crippen LogP contribution in [0.5, 0.6) is 0 Å². The van der Waals surface area contributed by atoms with Crippen LogP contribution in [-0.2, 0) is 20.7 Å². The van der Waals surface area contributed by atoms with Gasteiger partial charge in [-0.2, -0.15) is 0 Å². The van der Waals surface area contributed by atoms with Crippen LogP contribution in [0.2, 0.25) is 0 Å². The number of H-pyrrole nitrogens is 1. The van der Waals surface area contributed by atoms with Crippen molar-refractivity contribution < 1.29 is 14.3 Å². The fraction of sp³-hybridized carbons (Fsp3) is 0.520. The molecule has 4 atom stereocenters. The maximum Gasteiger partial charge on any atom is 0.230 e. The predicted octanol–water partition coefficient (Wildman–Crippen LogP) is 2.94. The summed E-state index contributed by atoms with van der Waals surface area (Å²) in [5.41, 5.74) is 1.70. The molecule has 2 bridgehead atoms. The quantitative estimate of drug-likeness (QED) is 0.732. The minimum atomic E-state index is -0.628. The van der Waals surface area contributed by atoms with Crippen molar-refractivity contribution in [1.29, 1.82) is 0 Å². The Morgan fingerprint density at radius 2 is 2.06 bits per heavy atom. The van der Waals surface area contributed by atoms with Gasteiger partial charge in [-0.25, -0.2) is 0 Å². The minimum Gasteiger partial charge on any atom is -0.361 e. The largest absolute Gasteiger partial charge is 0.361 e. The summed E-state index contributed by atoms with van der Waals surface area (Å²) in [7, 11) is 0. The molecule has 6 heteroatoms. The average Bonchev–Trinajstić information content (AvgIpc) is 3.53. The van der Waals surface area contributed by atoms with Crippen LogP contribution in [0.25, 0.3) is 10.9 Å². The number of benzene rings is 1. The number of carbonyl (C=O) groups is 2. The highest BCUT2D eigenvalue weighted by molar-refractivity contribution is 5.93. The number of ether oxygens (including phenoxy) is 1. The molecular weight excluding hydrogens is 390 g/mol. The number of rotatable bonds is 5. The smallest absolute Gasteiger partial charge is 0.230 e. The maximum atomic E-state index is 13.4. The Hall–Kier alpha value is -2.60. The molecule has 3 unspecified atom stereocenters. The van der Waals surface area contributed by atoms with Crippen LogP contribution in [0.4, 0.5) is 0 Å². The van der Waals surface area contributed by atoms with Gasteiger partial charge in [0, 0.05) is 29.7 Å². The molecule has 31 heavy (non-hydrogen) atoms. The molecule has 4 aliphatic rings. The Morgan fingerprint density at radius 3 is 2.94 bits per heavy atom. The minimum absolute atomic E-state index is 0.0000430. The molecule has 6 nitrogen and oxygen atoms in total. The van der Waals surface area contributed by atoms with E-state index < -0.39 is 17.4 Å². The molecule has 1 aliphatic carbocycles. The van der Waals surface area contributed by atoms with Crippen LogP contribution in [-0.4, -0.2) is 52.5 Å². The molecule has 0 radical (unpaired) electrons. The third kappa shape index (κ3) is 3.03. The Bertz CT molecular complexity index is 1050. The fourth-order valence-corrected chi connectivity index (χ4v) is 6.21. The van der Waals surface area contributed by atoms with E-state index in [1.165, 1.54) is 30.2 Å². The molecule has 1 spiro atoms. The lowest BCUT2D eigenvalue weighted by Crippen LogP contribution is -2.47. The molecule has 1 aromatic carbocycles. The molecule has 162 valence electrons. The molecule has 4 heterocycles. The molecule has 1 saturated carbocycles. The van der Waals surface area contributed by atoms with Crippen molar-refractivity contribution in [3.8, 4) is 0 Å². The first-order valence-electron chi connectivity index (χ1n) is 11.7. The van der Waals surface area contributed by atoms with E-state index in [0.29, 0.717) is 13.1 Å². The number of nitrogens with one attached hydrogen (secondary N) is 2. The molecule has 1 aromatic heterocycles. The molecule has 3 aliphatic heterocycles. The normalized spacial score (nSPS) is 32.2. The maximum absolute atomic E-state index is 13.4. The standard InChI is InChI=1S/C25H29N3O3/c29-23(27-17-6-2-1-3-7-17)21-20-10-12-25(31-20)15-28(24(30)22(21)25)13-11-16-14-26-19-9-5-4-8-18(16)19/h4-5,8-10,12,14,17,20-22,26H,1-3,6-7,11,13,15H2,(H,27,29)/t20-,21?,22?,25?/m0/s1. The molecule has 6 rings (SSSR count). The zero-order valence-electron chi connectivity index (χ0n) is 17.7. The highest BCUT2D eigenvalue weighted by Crippen LogP contribution is 2.52. The van der Waals surface area contributed by atoms with Gasteiger partial charge in [-0.3, -0.25) is 9.59 Å². The lowest BCUT2D eigenvalue weighted by molar-refractivity contribution is -0.137. The number of para-hydroxylation sites is 1. The molecule has 3 fully saturated rings. The van der Waals surface area contributed by atoms with Crippen LogP contribution in [0.1, 0.15) is 37.7 Å². The summed E-state index contributed by atoms with van der Waals surface area (Å²) < 4.78 is 6.27. The molecule has 2 aromatic rings. The van der Waals surface area contributed by atoms with Gasteiger partial charge in [0.05, 0.1) is 24.5 Å². The van der Waals surface area contributed by atoms with Gasteiger partial charge in [0.2, 0.25) is 11.8 Å². The zero-order chi connectivity index (χ0) is 21.0. The number of aromatic amines is 1. The summed E-state index contributed by atoms with van der Waals surface area (Å²) in [6, 6.07) is 8.48. The number of nitrogens with zero attached hydrogens (tertiary/aromatic N) is 1. The van der Waals surface area contributed by atoms with Gasteiger partial charge in [0.25, 0.3) is 0 Å². The Labute approximate surface area is 182 Å². The summed E-state index contributed by atoms with van der Waals surface area (Å²) >= 11 is 0. The van der Waals surface area contributed by atoms with Crippen molar-refractivity contribution >= 4 is 22.7 Å². The Morgan fingerprint density at radius 1 is 1.23 bits per heavy atom. The number of likely N-dealkylation sites (tertiary alicyclic amines) is 1.